The van der Waals surface area contributed by atoms with Crippen molar-refractivity contribution in [3.05, 3.63) is 132 Å². The lowest BCUT2D eigenvalue weighted by Crippen LogP contribution is -2.36. The van der Waals surface area contributed by atoms with Crippen LogP contribution in [0.4, 0.5) is 9.59 Å². The van der Waals surface area contributed by atoms with Gasteiger partial charge >= 0.3 is 42.2 Å². The second kappa shape index (κ2) is 22.3. The highest BCUT2D eigenvalue weighted by Crippen LogP contribution is 2.32. The minimum atomic E-state index is -1.27. The van der Waals surface area contributed by atoms with Gasteiger partial charge in [0.2, 0.25) is 0 Å². The molecule has 2 aliphatic heterocycles. The third kappa shape index (κ3) is 12.8. The van der Waals surface area contributed by atoms with E-state index < -0.39 is 66.6 Å². The maximum atomic E-state index is 13.0. The number of benzene rings is 4. The van der Waals surface area contributed by atoms with Crippen LogP contribution in [-0.4, -0.2) is 100 Å². The third-order valence-corrected chi connectivity index (χ3v) is 8.59. The van der Waals surface area contributed by atoms with Crippen LogP contribution in [0.15, 0.2) is 110 Å². The second-order valence-electron chi connectivity index (χ2n) is 12.7. The summed E-state index contributed by atoms with van der Waals surface area (Å²) >= 11 is 0. The van der Waals surface area contributed by atoms with Gasteiger partial charge in [-0.3, -0.25) is 0 Å². The summed E-state index contributed by atoms with van der Waals surface area (Å²) in [5, 5.41) is 0. The number of carbonyl (C=O) groups excluding carboxylic acids is 7. The molecule has 2 fully saturated rings. The Morgan fingerprint density at radius 1 is 0.532 bits per heavy atom. The van der Waals surface area contributed by atoms with Gasteiger partial charge in [0.1, 0.15) is 35.2 Å². The molecule has 0 radical (unpaired) electrons. The minimum Gasteiger partial charge on any atom is -0.453 e. The van der Waals surface area contributed by atoms with E-state index in [1.807, 2.05) is 13.8 Å². The van der Waals surface area contributed by atoms with Crippen LogP contribution in [0.2, 0.25) is 0 Å². The van der Waals surface area contributed by atoms with Gasteiger partial charge in [0, 0.05) is 19.3 Å². The fourth-order valence-electron chi connectivity index (χ4n) is 5.59. The van der Waals surface area contributed by atoms with Crippen molar-refractivity contribution in [1.82, 2.24) is 0 Å². The smallest absolute Gasteiger partial charge is 0.453 e. The van der Waals surface area contributed by atoms with Crippen molar-refractivity contribution in [2.45, 2.75) is 38.3 Å². The summed E-state index contributed by atoms with van der Waals surface area (Å²) in [6, 6.07) is 22.2. The van der Waals surface area contributed by atoms with Crippen LogP contribution >= 0.6 is 0 Å². The molecule has 2 aliphatic rings. The molecule has 18 heteroatoms. The molecule has 0 aliphatic carbocycles. The number of rotatable bonds is 13. The van der Waals surface area contributed by atoms with Gasteiger partial charge in [0.05, 0.1) is 42.6 Å². The summed E-state index contributed by atoms with van der Waals surface area (Å²) in [6.07, 6.45) is -4.37. The predicted octanol–water partition coefficient (Wildman–Crippen LogP) is 6.09. The van der Waals surface area contributed by atoms with Crippen molar-refractivity contribution < 1.29 is 85.7 Å². The lowest BCUT2D eigenvalue weighted by atomic mass is 10.1. The molecule has 324 valence electrons. The molecule has 4 atom stereocenters. The Bertz CT molecular complexity index is 2210. The van der Waals surface area contributed by atoms with E-state index in [1.54, 1.807) is 0 Å². The van der Waals surface area contributed by atoms with Crippen molar-refractivity contribution in [1.29, 1.82) is 0 Å². The monoisotopic (exact) mass is 856 g/mol. The van der Waals surface area contributed by atoms with E-state index in [4.69, 9.17) is 42.6 Å². The summed E-state index contributed by atoms with van der Waals surface area (Å²) in [7, 11) is 1.17. The Balaban J connectivity index is 0.00000137. The molecule has 0 N–H and O–H groups in total. The van der Waals surface area contributed by atoms with Gasteiger partial charge < -0.3 is 52.1 Å². The van der Waals surface area contributed by atoms with Crippen LogP contribution in [0.3, 0.4) is 0 Å². The lowest BCUT2D eigenvalue weighted by molar-refractivity contribution is -0.133. The first-order valence-electron chi connectivity index (χ1n) is 18.8. The van der Waals surface area contributed by atoms with Gasteiger partial charge in [0.25, 0.3) is 0 Å². The van der Waals surface area contributed by atoms with Crippen molar-refractivity contribution in [3.63, 3.8) is 0 Å². The molecule has 6 rings (SSSR count). The number of esters is 5. The summed E-state index contributed by atoms with van der Waals surface area (Å²) < 4.78 is 56.8. The highest BCUT2D eigenvalue weighted by atomic mass is 16.7. The minimum absolute atomic E-state index is 0.00657. The fraction of sp³-hybridized carbons (Fsp3) is 0.250. The van der Waals surface area contributed by atoms with E-state index in [2.05, 4.69) is 16.1 Å². The Morgan fingerprint density at radius 3 is 1.19 bits per heavy atom. The molecule has 0 aromatic heterocycles. The van der Waals surface area contributed by atoms with E-state index >= 15 is 0 Å². The van der Waals surface area contributed by atoms with Gasteiger partial charge in [-0.05, 0) is 111 Å². The van der Waals surface area contributed by atoms with E-state index in [-0.39, 0.29) is 58.5 Å². The Kier molecular flexibility index (Phi) is 16.4. The van der Waals surface area contributed by atoms with Gasteiger partial charge in [-0.1, -0.05) is 6.58 Å². The highest BCUT2D eigenvalue weighted by molar-refractivity contribution is 5.93. The Labute approximate surface area is 354 Å². The molecule has 62 heavy (non-hydrogen) atoms. The van der Waals surface area contributed by atoms with E-state index in [9.17, 15) is 33.6 Å². The molecule has 0 amide bonds. The van der Waals surface area contributed by atoms with Crippen molar-refractivity contribution in [3.8, 4) is 23.0 Å². The molecular formula is C44H40O18. The average Bonchev–Trinajstić information content (AvgIpc) is 3.87. The molecule has 0 saturated carbocycles. The van der Waals surface area contributed by atoms with Crippen molar-refractivity contribution in [2.75, 3.05) is 33.5 Å². The van der Waals surface area contributed by atoms with E-state index in [0.29, 0.717) is 0 Å². The molecule has 0 bridgehead atoms. The molecule has 18 nitrogen and oxygen atoms in total. The van der Waals surface area contributed by atoms with Gasteiger partial charge in [-0.25, -0.2) is 33.6 Å². The molecule has 2 saturated heterocycles. The second-order valence-corrected chi connectivity index (χ2v) is 12.7. The standard InChI is InChI=1S/C40H30O17.C4H10O/c1-3-32(41)57-40(47)54-29-18-10-23(11-19-29)36(43)52-27-14-6-25(7-15-27)38(45)56-31-21-50-33-30(20-49-34(31)33)55-37(44)24-4-12-26(13-5-24)51-35(42)22-8-16-28(17-9-22)53-39(46)48-2;1-3-5-4-2/h3-19,30-31,33-34H,1,20-21H2,2H3;3-4H2,1-2H3/t30-,31+,33+,34+;/m0./s1. The topological polar surface area (TPSA) is 221 Å². The van der Waals surface area contributed by atoms with Gasteiger partial charge in [-0.2, -0.15) is 0 Å². The molecule has 4 aromatic carbocycles. The fourth-order valence-corrected chi connectivity index (χ4v) is 5.59. The highest BCUT2D eigenvalue weighted by Gasteiger charge is 2.51. The summed E-state index contributed by atoms with van der Waals surface area (Å²) in [5.41, 5.74) is 0.624. The summed E-state index contributed by atoms with van der Waals surface area (Å²) in [6.45, 7) is 8.82. The van der Waals surface area contributed by atoms with E-state index in [1.165, 1.54) is 104 Å². The number of hydrogen-bond acceptors (Lipinski definition) is 18. The Hall–Kier alpha value is -7.41. The number of carbonyl (C=O) groups is 7. The van der Waals surface area contributed by atoms with Crippen LogP contribution in [0.5, 0.6) is 23.0 Å². The first-order chi connectivity index (χ1) is 29.9. The zero-order valence-corrected chi connectivity index (χ0v) is 33.5. The number of fused-ring (bicyclic) bond motifs is 1. The summed E-state index contributed by atoms with van der Waals surface area (Å²) in [5.74, 6) is -3.30. The summed E-state index contributed by atoms with van der Waals surface area (Å²) in [4.78, 5) is 84.9. The van der Waals surface area contributed by atoms with E-state index in [0.717, 1.165) is 19.3 Å². The molecule has 0 unspecified atom stereocenters. The van der Waals surface area contributed by atoms with Crippen LogP contribution in [0.25, 0.3) is 0 Å². The first kappa shape index (κ1) is 45.7. The largest absolute Gasteiger partial charge is 0.521 e. The lowest BCUT2D eigenvalue weighted by Gasteiger charge is -2.17. The van der Waals surface area contributed by atoms with Crippen molar-refractivity contribution in [2.24, 2.45) is 0 Å². The Morgan fingerprint density at radius 2 is 0.871 bits per heavy atom. The van der Waals surface area contributed by atoms with Crippen LogP contribution in [0.1, 0.15) is 55.3 Å². The molecule has 0 spiro atoms. The zero-order valence-electron chi connectivity index (χ0n) is 33.5. The third-order valence-electron chi connectivity index (χ3n) is 8.59. The quantitative estimate of drug-likeness (QED) is 0.0371. The van der Waals surface area contributed by atoms with Crippen molar-refractivity contribution >= 4 is 42.2 Å². The number of ether oxygens (including phenoxy) is 11. The maximum absolute atomic E-state index is 13.0. The first-order valence-corrected chi connectivity index (χ1v) is 18.8. The SMILES string of the molecule is C=CC(=O)OC(=O)Oc1ccc(C(=O)Oc2ccc(C(=O)O[C@@H]3CO[C@H]4[C@@H]3OC[C@@H]4OC(=O)c3ccc(OC(=O)c4ccc(OC(=O)OC)cc4)cc3)cc2)cc1.CCOCC. The average molecular weight is 857 g/mol. The van der Waals surface area contributed by atoms with Gasteiger partial charge in [-0.15, -0.1) is 0 Å². The van der Waals surface area contributed by atoms with Crippen LogP contribution in [0, 0.1) is 0 Å². The molecule has 2 heterocycles. The normalized spacial score (nSPS) is 17.1. The zero-order chi connectivity index (χ0) is 44.6. The van der Waals surface area contributed by atoms with Crippen LogP contribution in [-0.2, 0) is 38.0 Å². The van der Waals surface area contributed by atoms with Gasteiger partial charge in [0.15, 0.2) is 12.2 Å². The predicted molar refractivity (Wildman–Crippen MR) is 211 cm³/mol. The molecular weight excluding hydrogens is 816 g/mol. The number of hydrogen-bond donors (Lipinski definition) is 0. The molecule has 4 aromatic rings. The van der Waals surface area contributed by atoms with Crippen LogP contribution < -0.4 is 18.9 Å². The maximum Gasteiger partial charge on any atom is 0.521 e. The number of methoxy groups -OCH3 is 1.